The highest BCUT2D eigenvalue weighted by molar-refractivity contribution is 7.91. The van der Waals surface area contributed by atoms with Crippen molar-refractivity contribution in [2.24, 2.45) is 0 Å². The molecule has 3 heterocycles. The molecule has 0 spiro atoms. The molecule has 1 aromatic carbocycles. The van der Waals surface area contributed by atoms with Gasteiger partial charge in [0.25, 0.3) is 0 Å². The largest absolute Gasteiger partial charge is 0.494 e. The van der Waals surface area contributed by atoms with Crippen LogP contribution in [0, 0.1) is 13.8 Å². The van der Waals surface area contributed by atoms with Crippen LogP contribution in [0.4, 0.5) is 0 Å². The molecule has 13 heteroatoms. The van der Waals surface area contributed by atoms with Crippen molar-refractivity contribution >= 4 is 21.2 Å². The van der Waals surface area contributed by atoms with Crippen LogP contribution in [0.1, 0.15) is 42.9 Å². The van der Waals surface area contributed by atoms with E-state index in [4.69, 9.17) is 14.2 Å². The SMILES string of the molecule is CCO[C@H](c1ncc(C)cn1)[C@H](C)S(=O)(=O)Cc1nnc(-c2nc(C)cs2)n1-c1c(OC)cccc1OC. The van der Waals surface area contributed by atoms with Gasteiger partial charge >= 0.3 is 0 Å². The maximum absolute atomic E-state index is 13.8. The van der Waals surface area contributed by atoms with Crippen LogP contribution in [-0.4, -0.2) is 64.2 Å². The number of methoxy groups -OCH3 is 2. The number of benzene rings is 1. The minimum atomic E-state index is -3.85. The van der Waals surface area contributed by atoms with Crippen molar-refractivity contribution in [3.63, 3.8) is 0 Å². The molecular weight excluding hydrogens is 528 g/mol. The summed E-state index contributed by atoms with van der Waals surface area (Å²) in [5, 5.41) is 10.2. The van der Waals surface area contributed by atoms with Crippen molar-refractivity contribution in [2.45, 2.75) is 44.8 Å². The number of rotatable bonds is 11. The van der Waals surface area contributed by atoms with Gasteiger partial charge in [-0.1, -0.05) is 6.07 Å². The Kier molecular flexibility index (Phi) is 8.38. The highest BCUT2D eigenvalue weighted by atomic mass is 32.2. The standard InChI is InChI=1S/C25H30N6O5S2/c1-7-36-22(23-26-11-15(2)12-27-23)17(4)38(32,33)14-20-29-30-24(25-28-16(3)13-37-25)31(20)21-18(34-5)9-8-10-19(21)35-6/h8-13,17,22H,7,14H2,1-6H3/t17-,22-/m0/s1. The van der Waals surface area contributed by atoms with Crippen molar-refractivity contribution in [3.8, 4) is 28.0 Å². The van der Waals surface area contributed by atoms with Gasteiger partial charge in [0.2, 0.25) is 0 Å². The van der Waals surface area contributed by atoms with Crippen LogP contribution in [0.2, 0.25) is 0 Å². The Hall–Kier alpha value is -3.42. The van der Waals surface area contributed by atoms with Gasteiger partial charge in [-0.3, -0.25) is 4.57 Å². The van der Waals surface area contributed by atoms with E-state index in [0.29, 0.717) is 40.4 Å². The smallest absolute Gasteiger partial charge is 0.197 e. The van der Waals surface area contributed by atoms with E-state index < -0.39 is 26.9 Å². The van der Waals surface area contributed by atoms with Gasteiger partial charge in [0, 0.05) is 30.1 Å². The number of sulfone groups is 1. The summed E-state index contributed by atoms with van der Waals surface area (Å²) in [6.07, 6.45) is 2.42. The van der Waals surface area contributed by atoms with Crippen LogP contribution < -0.4 is 9.47 Å². The Balaban J connectivity index is 1.82. The van der Waals surface area contributed by atoms with Gasteiger partial charge in [-0.2, -0.15) is 0 Å². The molecule has 38 heavy (non-hydrogen) atoms. The molecule has 0 radical (unpaired) electrons. The van der Waals surface area contributed by atoms with E-state index >= 15 is 0 Å². The molecule has 4 rings (SSSR count). The van der Waals surface area contributed by atoms with Crippen molar-refractivity contribution in [1.82, 2.24) is 29.7 Å². The third-order valence-corrected chi connectivity index (χ3v) is 8.89. The van der Waals surface area contributed by atoms with Gasteiger partial charge in [-0.25, -0.2) is 23.4 Å². The number of hydrogen-bond donors (Lipinski definition) is 0. The average Bonchev–Trinajstić information content (AvgIpc) is 3.52. The first-order valence-corrected chi connectivity index (χ1v) is 14.5. The third-order valence-electron chi connectivity index (χ3n) is 5.89. The van der Waals surface area contributed by atoms with E-state index in [2.05, 4.69) is 25.1 Å². The van der Waals surface area contributed by atoms with Crippen LogP contribution in [0.25, 0.3) is 16.5 Å². The number of aryl methyl sites for hydroxylation is 2. The van der Waals surface area contributed by atoms with Crippen molar-refractivity contribution < 1.29 is 22.6 Å². The van der Waals surface area contributed by atoms with Crippen LogP contribution in [0.5, 0.6) is 11.5 Å². The molecule has 0 fully saturated rings. The fourth-order valence-electron chi connectivity index (χ4n) is 3.94. The lowest BCUT2D eigenvalue weighted by atomic mass is 10.2. The fourth-order valence-corrected chi connectivity index (χ4v) is 6.10. The highest BCUT2D eigenvalue weighted by Gasteiger charge is 2.36. The summed E-state index contributed by atoms with van der Waals surface area (Å²) < 4.78 is 46.3. The molecule has 0 aliphatic rings. The Morgan fingerprint density at radius 3 is 2.26 bits per heavy atom. The van der Waals surface area contributed by atoms with Gasteiger partial charge in [0.05, 0.1) is 19.5 Å². The molecule has 4 aromatic rings. The molecule has 0 amide bonds. The summed E-state index contributed by atoms with van der Waals surface area (Å²) in [5.74, 6) is 1.37. The van der Waals surface area contributed by atoms with E-state index in [1.165, 1.54) is 25.6 Å². The number of aromatic nitrogens is 6. The molecule has 0 aliphatic carbocycles. The summed E-state index contributed by atoms with van der Waals surface area (Å²) in [7, 11) is -0.793. The van der Waals surface area contributed by atoms with Gasteiger partial charge in [0.15, 0.2) is 32.3 Å². The Morgan fingerprint density at radius 2 is 1.71 bits per heavy atom. The summed E-state index contributed by atoms with van der Waals surface area (Å²) in [6, 6.07) is 5.30. The maximum atomic E-state index is 13.8. The normalized spacial score (nSPS) is 13.3. The zero-order valence-electron chi connectivity index (χ0n) is 22.1. The number of nitrogens with zero attached hydrogens (tertiary/aromatic N) is 6. The fraction of sp³-hybridized carbons (Fsp3) is 0.400. The number of hydrogen-bond acceptors (Lipinski definition) is 11. The molecule has 2 atom stereocenters. The molecule has 202 valence electrons. The van der Waals surface area contributed by atoms with E-state index in [0.717, 1.165) is 11.3 Å². The predicted molar refractivity (Wildman–Crippen MR) is 144 cm³/mol. The van der Waals surface area contributed by atoms with E-state index in [-0.39, 0.29) is 5.82 Å². The molecule has 3 aromatic heterocycles. The number of thiazole rings is 1. The first-order chi connectivity index (χ1) is 18.2. The van der Waals surface area contributed by atoms with Gasteiger partial charge in [-0.05, 0) is 45.4 Å². The molecular formula is C25H30N6O5S2. The maximum Gasteiger partial charge on any atom is 0.197 e. The summed E-state index contributed by atoms with van der Waals surface area (Å²) in [4.78, 5) is 13.2. The van der Waals surface area contributed by atoms with Crippen molar-refractivity contribution in [2.75, 3.05) is 20.8 Å². The molecule has 0 unspecified atom stereocenters. The second-order valence-corrected chi connectivity index (χ2v) is 11.8. The van der Waals surface area contributed by atoms with E-state index in [1.807, 2.05) is 19.2 Å². The number of ether oxygens (including phenoxy) is 3. The van der Waals surface area contributed by atoms with Crippen molar-refractivity contribution in [3.05, 3.63) is 58.9 Å². The van der Waals surface area contributed by atoms with E-state index in [9.17, 15) is 8.42 Å². The molecule has 0 bridgehead atoms. The Labute approximate surface area is 225 Å². The van der Waals surface area contributed by atoms with Crippen LogP contribution in [0.15, 0.2) is 36.0 Å². The molecule has 0 saturated carbocycles. The molecule has 11 nitrogen and oxygen atoms in total. The monoisotopic (exact) mass is 558 g/mol. The first kappa shape index (κ1) is 27.6. The second-order valence-electron chi connectivity index (χ2n) is 8.59. The minimum Gasteiger partial charge on any atom is -0.494 e. The summed E-state index contributed by atoms with van der Waals surface area (Å²) >= 11 is 1.38. The minimum absolute atomic E-state index is 0.183. The number of para-hydroxylation sites is 1. The quantitative estimate of drug-likeness (QED) is 0.267. The zero-order valence-corrected chi connectivity index (χ0v) is 23.7. The Bertz CT molecular complexity index is 1480. The van der Waals surface area contributed by atoms with Crippen LogP contribution in [0.3, 0.4) is 0 Å². The zero-order chi connectivity index (χ0) is 27.4. The Morgan fingerprint density at radius 1 is 1.05 bits per heavy atom. The average molecular weight is 559 g/mol. The second kappa shape index (κ2) is 11.5. The van der Waals surface area contributed by atoms with Gasteiger partial charge in [0.1, 0.15) is 29.0 Å². The van der Waals surface area contributed by atoms with Crippen molar-refractivity contribution in [1.29, 1.82) is 0 Å². The lowest BCUT2D eigenvalue weighted by Gasteiger charge is -2.23. The van der Waals surface area contributed by atoms with Gasteiger partial charge < -0.3 is 14.2 Å². The van der Waals surface area contributed by atoms with Crippen LogP contribution >= 0.6 is 11.3 Å². The summed E-state index contributed by atoms with van der Waals surface area (Å²) in [6.45, 7) is 7.42. The molecule has 0 aliphatic heterocycles. The highest BCUT2D eigenvalue weighted by Crippen LogP contribution is 2.37. The first-order valence-electron chi connectivity index (χ1n) is 11.9. The summed E-state index contributed by atoms with van der Waals surface area (Å²) in [5.41, 5.74) is 2.15. The van der Waals surface area contributed by atoms with Crippen LogP contribution in [-0.2, 0) is 20.3 Å². The lowest BCUT2D eigenvalue weighted by molar-refractivity contribution is 0.0556. The van der Waals surface area contributed by atoms with E-state index in [1.54, 1.807) is 49.0 Å². The van der Waals surface area contributed by atoms with Gasteiger partial charge in [-0.15, -0.1) is 21.5 Å². The molecule has 0 N–H and O–H groups in total. The predicted octanol–water partition coefficient (Wildman–Crippen LogP) is 3.90. The molecule has 0 saturated heterocycles. The topological polar surface area (TPSA) is 131 Å². The third kappa shape index (κ3) is 5.54. The lowest BCUT2D eigenvalue weighted by Crippen LogP contribution is -2.30.